The highest BCUT2D eigenvalue weighted by Crippen LogP contribution is 2.35. The number of nitrogens with zero attached hydrogens (tertiary/aromatic N) is 1. The maximum Gasteiger partial charge on any atom is 0.0740 e. The fraction of sp³-hybridized carbons (Fsp3) is 0.611. The molecule has 102 valence electrons. The Hall–Kier alpha value is -1.29. The number of rotatable bonds is 3. The molecule has 0 aromatic heterocycles. The molecule has 2 rings (SSSR count). The Morgan fingerprint density at radius 1 is 0.947 bits per heavy atom. The molecule has 1 unspecified atom stereocenters. The molecule has 1 aliphatic rings. The van der Waals surface area contributed by atoms with E-state index in [4.69, 9.17) is 0 Å². The van der Waals surface area contributed by atoms with Crippen molar-refractivity contribution < 1.29 is 0 Å². The normalized spacial score (nSPS) is 18.8. The van der Waals surface area contributed by atoms with Crippen LogP contribution in [0.3, 0.4) is 0 Å². The number of benzene rings is 1. The molecule has 1 aliphatic carbocycles. The van der Waals surface area contributed by atoms with Gasteiger partial charge in [0.15, 0.2) is 0 Å². The molecule has 0 N–H and O–H groups in total. The van der Waals surface area contributed by atoms with Gasteiger partial charge in [0.25, 0.3) is 0 Å². The molecular weight excluding hydrogens is 230 g/mol. The second kappa shape index (κ2) is 6.75. The molecule has 0 amide bonds. The maximum absolute atomic E-state index is 9.55. The van der Waals surface area contributed by atoms with Crippen LogP contribution in [0.1, 0.15) is 75.3 Å². The van der Waals surface area contributed by atoms with Gasteiger partial charge >= 0.3 is 0 Å². The molecule has 19 heavy (non-hydrogen) atoms. The molecule has 0 saturated heterocycles. The van der Waals surface area contributed by atoms with Gasteiger partial charge < -0.3 is 0 Å². The Kier molecular flexibility index (Phi) is 5.02. The summed E-state index contributed by atoms with van der Waals surface area (Å²) >= 11 is 0. The summed E-state index contributed by atoms with van der Waals surface area (Å²) in [7, 11) is 0. The van der Waals surface area contributed by atoms with Crippen LogP contribution in [0.5, 0.6) is 0 Å². The van der Waals surface area contributed by atoms with Gasteiger partial charge in [-0.2, -0.15) is 5.26 Å². The minimum atomic E-state index is 0.0966. The fourth-order valence-corrected chi connectivity index (χ4v) is 3.18. The predicted octanol–water partition coefficient (Wildman–Crippen LogP) is 5.39. The first kappa shape index (κ1) is 14.1. The van der Waals surface area contributed by atoms with Gasteiger partial charge in [0.1, 0.15) is 0 Å². The molecule has 0 radical (unpaired) electrons. The predicted molar refractivity (Wildman–Crippen MR) is 80.1 cm³/mol. The lowest BCUT2D eigenvalue weighted by Gasteiger charge is -2.21. The lowest BCUT2D eigenvalue weighted by Crippen LogP contribution is -2.11. The van der Waals surface area contributed by atoms with Crippen molar-refractivity contribution in [3.63, 3.8) is 0 Å². The zero-order valence-electron chi connectivity index (χ0n) is 12.2. The molecule has 1 aromatic rings. The maximum atomic E-state index is 9.55. The van der Waals surface area contributed by atoms with E-state index in [-0.39, 0.29) is 5.92 Å². The van der Waals surface area contributed by atoms with E-state index >= 15 is 0 Å². The lowest BCUT2D eigenvalue weighted by atomic mass is 9.82. The smallest absolute Gasteiger partial charge is 0.0740 e. The molecule has 0 bridgehead atoms. The SMILES string of the molecule is CC(C)c1ccc(C(C#N)C2CCCCCC2)cc1. The molecule has 1 atom stereocenters. The average molecular weight is 255 g/mol. The topological polar surface area (TPSA) is 23.8 Å². The molecule has 0 spiro atoms. The Balaban J connectivity index is 2.14. The summed E-state index contributed by atoms with van der Waals surface area (Å²) in [5, 5.41) is 9.55. The Morgan fingerprint density at radius 3 is 1.95 bits per heavy atom. The fourth-order valence-electron chi connectivity index (χ4n) is 3.18. The lowest BCUT2D eigenvalue weighted by molar-refractivity contribution is 0.424. The van der Waals surface area contributed by atoms with Crippen molar-refractivity contribution in [3.05, 3.63) is 35.4 Å². The first-order valence-corrected chi connectivity index (χ1v) is 7.72. The van der Waals surface area contributed by atoms with Crippen LogP contribution in [0.4, 0.5) is 0 Å². The highest BCUT2D eigenvalue weighted by Gasteiger charge is 2.23. The molecule has 1 saturated carbocycles. The van der Waals surface area contributed by atoms with Gasteiger partial charge in [0.2, 0.25) is 0 Å². The molecule has 0 heterocycles. The van der Waals surface area contributed by atoms with Crippen LogP contribution in [-0.4, -0.2) is 0 Å². The summed E-state index contributed by atoms with van der Waals surface area (Å²) in [6.45, 7) is 4.42. The van der Waals surface area contributed by atoms with Crippen molar-refractivity contribution in [3.8, 4) is 6.07 Å². The number of hydrogen-bond donors (Lipinski definition) is 0. The standard InChI is InChI=1S/C18H25N/c1-14(2)15-9-11-17(12-10-15)18(13-19)16-7-5-3-4-6-8-16/h9-12,14,16,18H,3-8H2,1-2H3. The third kappa shape index (κ3) is 3.60. The largest absolute Gasteiger partial charge is 0.198 e. The van der Waals surface area contributed by atoms with Gasteiger partial charge in [-0.15, -0.1) is 0 Å². The Labute approximate surface area is 117 Å². The van der Waals surface area contributed by atoms with Gasteiger partial charge in [-0.05, 0) is 35.8 Å². The first-order chi connectivity index (χ1) is 9.22. The zero-order chi connectivity index (χ0) is 13.7. The van der Waals surface area contributed by atoms with Crippen molar-refractivity contribution in [2.24, 2.45) is 5.92 Å². The molecule has 1 aromatic carbocycles. The van der Waals surface area contributed by atoms with E-state index in [1.807, 2.05) is 0 Å². The van der Waals surface area contributed by atoms with Crippen molar-refractivity contribution in [1.29, 1.82) is 5.26 Å². The monoisotopic (exact) mass is 255 g/mol. The summed E-state index contributed by atoms with van der Waals surface area (Å²) in [5.41, 5.74) is 2.58. The minimum Gasteiger partial charge on any atom is -0.198 e. The van der Waals surface area contributed by atoms with Crippen LogP contribution < -0.4 is 0 Å². The quantitative estimate of drug-likeness (QED) is 0.664. The third-order valence-corrected chi connectivity index (χ3v) is 4.47. The summed E-state index contributed by atoms with van der Waals surface area (Å²) in [6, 6.07) is 11.3. The average Bonchev–Trinajstić information content (AvgIpc) is 2.69. The van der Waals surface area contributed by atoms with Gasteiger partial charge in [-0.25, -0.2) is 0 Å². The van der Waals surface area contributed by atoms with E-state index in [9.17, 15) is 5.26 Å². The van der Waals surface area contributed by atoms with Gasteiger partial charge in [-0.1, -0.05) is 63.8 Å². The molecular formula is C18H25N. The second-order valence-corrected chi connectivity index (χ2v) is 6.18. The van der Waals surface area contributed by atoms with Crippen LogP contribution in [0.25, 0.3) is 0 Å². The van der Waals surface area contributed by atoms with Gasteiger partial charge in [0, 0.05) is 0 Å². The third-order valence-electron chi connectivity index (χ3n) is 4.47. The van der Waals surface area contributed by atoms with E-state index < -0.39 is 0 Å². The molecule has 1 nitrogen and oxygen atoms in total. The number of nitriles is 1. The second-order valence-electron chi connectivity index (χ2n) is 6.18. The zero-order valence-corrected chi connectivity index (χ0v) is 12.2. The van der Waals surface area contributed by atoms with E-state index in [1.165, 1.54) is 49.7 Å². The van der Waals surface area contributed by atoms with E-state index in [0.717, 1.165) is 0 Å². The van der Waals surface area contributed by atoms with Crippen LogP contribution in [0.2, 0.25) is 0 Å². The van der Waals surface area contributed by atoms with Crippen LogP contribution >= 0.6 is 0 Å². The van der Waals surface area contributed by atoms with Crippen molar-refractivity contribution in [2.75, 3.05) is 0 Å². The van der Waals surface area contributed by atoms with Crippen LogP contribution in [0.15, 0.2) is 24.3 Å². The van der Waals surface area contributed by atoms with Crippen molar-refractivity contribution in [2.45, 2.75) is 64.2 Å². The van der Waals surface area contributed by atoms with Gasteiger partial charge in [0.05, 0.1) is 12.0 Å². The highest BCUT2D eigenvalue weighted by atomic mass is 14.3. The van der Waals surface area contributed by atoms with Crippen LogP contribution in [0, 0.1) is 17.2 Å². The first-order valence-electron chi connectivity index (χ1n) is 7.72. The summed E-state index contributed by atoms with van der Waals surface area (Å²) < 4.78 is 0. The Bertz CT molecular complexity index is 416. The highest BCUT2D eigenvalue weighted by molar-refractivity contribution is 5.30. The number of hydrogen-bond acceptors (Lipinski definition) is 1. The van der Waals surface area contributed by atoms with Crippen molar-refractivity contribution >= 4 is 0 Å². The van der Waals surface area contributed by atoms with Gasteiger partial charge in [-0.3, -0.25) is 0 Å². The van der Waals surface area contributed by atoms with E-state index in [0.29, 0.717) is 11.8 Å². The van der Waals surface area contributed by atoms with Crippen LogP contribution in [-0.2, 0) is 0 Å². The summed E-state index contributed by atoms with van der Waals surface area (Å²) in [4.78, 5) is 0. The summed E-state index contributed by atoms with van der Waals surface area (Å²) in [5.74, 6) is 1.23. The van der Waals surface area contributed by atoms with E-state index in [1.54, 1.807) is 0 Å². The Morgan fingerprint density at radius 2 is 1.47 bits per heavy atom. The van der Waals surface area contributed by atoms with Crippen molar-refractivity contribution in [1.82, 2.24) is 0 Å². The molecule has 1 heteroatoms. The summed E-state index contributed by atoms with van der Waals surface area (Å²) in [6.07, 6.45) is 7.75. The molecule has 1 fully saturated rings. The molecule has 0 aliphatic heterocycles. The van der Waals surface area contributed by atoms with E-state index in [2.05, 4.69) is 44.2 Å². The minimum absolute atomic E-state index is 0.0966.